The molecule has 2 aromatic heterocycles. The van der Waals surface area contributed by atoms with Crippen molar-refractivity contribution in [2.24, 2.45) is 0 Å². The fraction of sp³-hybridized carbons (Fsp3) is 0.222. The van der Waals surface area contributed by atoms with Gasteiger partial charge in [0.15, 0.2) is 0 Å². The van der Waals surface area contributed by atoms with E-state index in [4.69, 9.17) is 16.7 Å². The smallest absolute Gasteiger partial charge is 0.337 e. The number of anilines is 3. The van der Waals surface area contributed by atoms with E-state index in [1.165, 1.54) is 6.07 Å². The van der Waals surface area contributed by atoms with E-state index in [9.17, 15) is 9.59 Å². The van der Waals surface area contributed by atoms with Gasteiger partial charge in [-0.1, -0.05) is 17.7 Å². The van der Waals surface area contributed by atoms with Crippen LogP contribution in [0.5, 0.6) is 0 Å². The molecule has 1 amide bonds. The highest BCUT2D eigenvalue weighted by molar-refractivity contribution is 6.33. The number of nitrogens with zero attached hydrogens (tertiary/aromatic N) is 4. The first kappa shape index (κ1) is 23.7. The number of hydrogen-bond acceptors (Lipinski definition) is 5. The minimum Gasteiger partial charge on any atom is -0.478 e. The summed E-state index contributed by atoms with van der Waals surface area (Å²) in [5, 5.41) is 13.5. The Balaban J connectivity index is 1.20. The van der Waals surface area contributed by atoms with Gasteiger partial charge in [0, 0.05) is 56.5 Å². The summed E-state index contributed by atoms with van der Waals surface area (Å²) >= 11 is 6.13. The molecule has 0 atom stereocenters. The van der Waals surface area contributed by atoms with Crippen molar-refractivity contribution in [1.29, 1.82) is 0 Å². The molecule has 0 unspecified atom stereocenters. The van der Waals surface area contributed by atoms with Crippen LogP contribution in [0.15, 0.2) is 67.0 Å². The van der Waals surface area contributed by atoms with Crippen LogP contribution in [0.25, 0.3) is 10.9 Å². The summed E-state index contributed by atoms with van der Waals surface area (Å²) in [6.45, 7) is 5.93. The molecule has 4 aromatic rings. The van der Waals surface area contributed by atoms with Gasteiger partial charge in [0.1, 0.15) is 5.82 Å². The lowest BCUT2D eigenvalue weighted by Crippen LogP contribution is -2.46. The minimum atomic E-state index is -1.03. The SMILES string of the molecule is CCn1ccc2ccc(NC(=O)c3ccc(N4CCN(c5ccc(C(=O)O)c(Cl)c5)CC4)nc3)cc21. The lowest BCUT2D eigenvalue weighted by molar-refractivity contribution is 0.0697. The number of fused-ring (bicyclic) bond motifs is 1. The number of aromatic carboxylic acids is 1. The van der Waals surface area contributed by atoms with Gasteiger partial charge in [0.2, 0.25) is 0 Å². The number of aromatic nitrogens is 2. The van der Waals surface area contributed by atoms with E-state index in [0.29, 0.717) is 5.56 Å². The number of rotatable bonds is 6. The molecule has 1 fully saturated rings. The molecule has 2 N–H and O–H groups in total. The lowest BCUT2D eigenvalue weighted by Gasteiger charge is -2.36. The Morgan fingerprint density at radius 2 is 1.78 bits per heavy atom. The van der Waals surface area contributed by atoms with Gasteiger partial charge in [-0.15, -0.1) is 0 Å². The molecule has 0 radical (unpaired) electrons. The number of benzene rings is 2. The summed E-state index contributed by atoms with van der Waals surface area (Å²) in [6, 6.07) is 16.7. The third-order valence-electron chi connectivity index (χ3n) is 6.53. The molecule has 8 nitrogen and oxygen atoms in total. The quantitative estimate of drug-likeness (QED) is 0.385. The topological polar surface area (TPSA) is 90.7 Å². The first-order valence-electron chi connectivity index (χ1n) is 11.8. The second kappa shape index (κ2) is 9.91. The van der Waals surface area contributed by atoms with Crippen molar-refractivity contribution in [3.05, 3.63) is 83.1 Å². The maximum absolute atomic E-state index is 12.8. The van der Waals surface area contributed by atoms with E-state index < -0.39 is 5.97 Å². The Morgan fingerprint density at radius 3 is 2.44 bits per heavy atom. The standard InChI is InChI=1S/C27H26ClN5O3/c1-2-31-10-9-18-3-5-20(15-24(18)31)30-26(34)19-4-8-25(29-17-19)33-13-11-32(12-14-33)21-6-7-22(27(35)36)23(28)16-21/h3-10,15-17H,2,11-14H2,1H3,(H,30,34)(H,35,36). The normalized spacial score (nSPS) is 13.7. The Kier molecular flexibility index (Phi) is 6.52. The van der Waals surface area contributed by atoms with Crippen LogP contribution in [0.1, 0.15) is 27.6 Å². The number of piperazine rings is 1. The molecule has 0 saturated carbocycles. The molecule has 36 heavy (non-hydrogen) atoms. The number of carbonyl (C=O) groups excluding carboxylic acids is 1. The molecule has 1 saturated heterocycles. The van der Waals surface area contributed by atoms with Crippen molar-refractivity contribution in [3.63, 3.8) is 0 Å². The van der Waals surface area contributed by atoms with E-state index in [1.807, 2.05) is 30.5 Å². The second-order valence-corrected chi connectivity index (χ2v) is 9.09. The number of carbonyl (C=O) groups is 2. The van der Waals surface area contributed by atoms with Gasteiger partial charge in [-0.2, -0.15) is 0 Å². The Labute approximate surface area is 213 Å². The summed E-state index contributed by atoms with van der Waals surface area (Å²) in [5.74, 6) is -0.422. The maximum Gasteiger partial charge on any atom is 0.337 e. The number of carboxylic acids is 1. The zero-order valence-corrected chi connectivity index (χ0v) is 20.6. The van der Waals surface area contributed by atoms with Crippen molar-refractivity contribution in [2.45, 2.75) is 13.5 Å². The van der Waals surface area contributed by atoms with Crippen LogP contribution < -0.4 is 15.1 Å². The van der Waals surface area contributed by atoms with Crippen LogP contribution in [0.4, 0.5) is 17.2 Å². The lowest BCUT2D eigenvalue weighted by atomic mass is 10.1. The maximum atomic E-state index is 12.8. The minimum absolute atomic E-state index is 0.100. The molecule has 3 heterocycles. The van der Waals surface area contributed by atoms with Crippen molar-refractivity contribution in [3.8, 4) is 0 Å². The number of hydrogen-bond donors (Lipinski definition) is 2. The predicted molar refractivity (Wildman–Crippen MR) is 143 cm³/mol. The van der Waals surface area contributed by atoms with Crippen molar-refractivity contribution < 1.29 is 14.7 Å². The van der Waals surface area contributed by atoms with E-state index in [2.05, 4.69) is 37.7 Å². The summed E-state index contributed by atoms with van der Waals surface area (Å²) in [6.07, 6.45) is 3.65. The van der Waals surface area contributed by atoms with Gasteiger partial charge < -0.3 is 24.8 Å². The first-order valence-corrected chi connectivity index (χ1v) is 12.2. The molecular formula is C27H26ClN5O3. The van der Waals surface area contributed by atoms with Gasteiger partial charge in [-0.25, -0.2) is 9.78 Å². The van der Waals surface area contributed by atoms with E-state index in [0.717, 1.165) is 60.8 Å². The second-order valence-electron chi connectivity index (χ2n) is 8.68. The Morgan fingerprint density at radius 1 is 1.00 bits per heavy atom. The highest BCUT2D eigenvalue weighted by Crippen LogP contribution is 2.26. The fourth-order valence-electron chi connectivity index (χ4n) is 4.52. The van der Waals surface area contributed by atoms with Crippen LogP contribution in [-0.4, -0.2) is 52.7 Å². The van der Waals surface area contributed by atoms with Crippen LogP contribution in [0.3, 0.4) is 0 Å². The fourth-order valence-corrected chi connectivity index (χ4v) is 4.77. The van der Waals surface area contributed by atoms with Gasteiger partial charge in [-0.3, -0.25) is 4.79 Å². The van der Waals surface area contributed by atoms with E-state index >= 15 is 0 Å². The molecule has 184 valence electrons. The molecular weight excluding hydrogens is 478 g/mol. The third kappa shape index (κ3) is 4.72. The molecule has 0 bridgehead atoms. The molecule has 1 aliphatic rings. The largest absolute Gasteiger partial charge is 0.478 e. The molecule has 1 aliphatic heterocycles. The molecule has 0 spiro atoms. The summed E-state index contributed by atoms with van der Waals surface area (Å²) in [4.78, 5) is 32.9. The first-order chi connectivity index (χ1) is 17.4. The van der Waals surface area contributed by atoms with Gasteiger partial charge >= 0.3 is 5.97 Å². The van der Waals surface area contributed by atoms with Gasteiger partial charge in [0.25, 0.3) is 5.91 Å². The predicted octanol–water partition coefficient (Wildman–Crippen LogP) is 4.99. The van der Waals surface area contributed by atoms with Crippen molar-refractivity contribution in [2.75, 3.05) is 41.3 Å². The van der Waals surface area contributed by atoms with Gasteiger partial charge in [-0.05, 0) is 60.8 Å². The average molecular weight is 504 g/mol. The number of amides is 1. The zero-order chi connectivity index (χ0) is 25.2. The molecule has 0 aliphatic carbocycles. The van der Waals surface area contributed by atoms with Crippen molar-refractivity contribution in [1.82, 2.24) is 9.55 Å². The number of aryl methyl sites for hydroxylation is 1. The zero-order valence-electron chi connectivity index (χ0n) is 19.8. The number of halogens is 1. The highest BCUT2D eigenvalue weighted by Gasteiger charge is 2.20. The number of nitrogens with one attached hydrogen (secondary N) is 1. The summed E-state index contributed by atoms with van der Waals surface area (Å²) < 4.78 is 2.14. The third-order valence-corrected chi connectivity index (χ3v) is 6.85. The number of pyridine rings is 1. The van der Waals surface area contributed by atoms with Crippen LogP contribution in [-0.2, 0) is 6.54 Å². The summed E-state index contributed by atoms with van der Waals surface area (Å²) in [7, 11) is 0. The molecule has 9 heteroatoms. The van der Waals surface area contributed by atoms with Crippen LogP contribution in [0.2, 0.25) is 5.02 Å². The van der Waals surface area contributed by atoms with E-state index in [-0.39, 0.29) is 16.5 Å². The Bertz CT molecular complexity index is 1430. The monoisotopic (exact) mass is 503 g/mol. The number of carboxylic acid groups (broad SMARTS) is 1. The average Bonchev–Trinajstić information content (AvgIpc) is 3.31. The van der Waals surface area contributed by atoms with Crippen LogP contribution >= 0.6 is 11.6 Å². The Hall–Kier alpha value is -4.04. The molecule has 2 aromatic carbocycles. The molecule has 5 rings (SSSR count). The highest BCUT2D eigenvalue weighted by atomic mass is 35.5. The van der Waals surface area contributed by atoms with Crippen molar-refractivity contribution >= 4 is 51.6 Å². The summed E-state index contributed by atoms with van der Waals surface area (Å²) in [5.41, 5.74) is 3.33. The van der Waals surface area contributed by atoms with E-state index in [1.54, 1.807) is 24.4 Å². The van der Waals surface area contributed by atoms with Gasteiger partial charge in [0.05, 0.1) is 21.7 Å². The van der Waals surface area contributed by atoms with Crippen LogP contribution in [0, 0.1) is 0 Å².